The highest BCUT2D eigenvalue weighted by atomic mass is 32.2. The summed E-state index contributed by atoms with van der Waals surface area (Å²) in [6.07, 6.45) is 0.681. The summed E-state index contributed by atoms with van der Waals surface area (Å²) >= 11 is 1.42. The summed E-state index contributed by atoms with van der Waals surface area (Å²) in [4.78, 5) is 21.8. The Morgan fingerprint density at radius 1 is 1.21 bits per heavy atom. The van der Waals surface area contributed by atoms with Crippen molar-refractivity contribution >= 4 is 43.4 Å². The molecule has 3 aromatic rings. The Balaban J connectivity index is 1.45. The number of morpholine rings is 1. The molecule has 0 aliphatic carbocycles. The maximum atomic E-state index is 13.0. The van der Waals surface area contributed by atoms with Gasteiger partial charge in [-0.25, -0.2) is 18.4 Å². The van der Waals surface area contributed by atoms with Crippen LogP contribution in [0.3, 0.4) is 0 Å². The average molecular weight is 492 g/mol. The zero-order chi connectivity index (χ0) is 23.8. The summed E-state index contributed by atoms with van der Waals surface area (Å²) in [6.45, 7) is 7.73. The van der Waals surface area contributed by atoms with E-state index in [1.165, 1.54) is 15.6 Å². The van der Waals surface area contributed by atoms with E-state index in [0.29, 0.717) is 43.4 Å². The smallest absolute Gasteiger partial charge is 0.243 e. The second-order valence-corrected chi connectivity index (χ2v) is 11.9. The summed E-state index contributed by atoms with van der Waals surface area (Å²) in [5, 5.41) is 5.41. The van der Waals surface area contributed by atoms with Crippen molar-refractivity contribution in [2.24, 2.45) is 7.05 Å². The lowest BCUT2D eigenvalue weighted by atomic mass is 9.93. The number of carbonyl (C=O) groups is 1. The van der Waals surface area contributed by atoms with Gasteiger partial charge in [0.25, 0.3) is 0 Å². The van der Waals surface area contributed by atoms with Gasteiger partial charge >= 0.3 is 0 Å². The molecule has 11 heteroatoms. The van der Waals surface area contributed by atoms with Gasteiger partial charge in [0.1, 0.15) is 5.82 Å². The number of aromatic nitrogens is 3. The molecule has 0 atom stereocenters. The molecule has 1 N–H and O–H groups in total. The fourth-order valence-electron chi connectivity index (χ4n) is 3.63. The van der Waals surface area contributed by atoms with Gasteiger partial charge in [-0.05, 0) is 18.2 Å². The van der Waals surface area contributed by atoms with Gasteiger partial charge in [-0.3, -0.25) is 4.79 Å². The first kappa shape index (κ1) is 23.8. The number of nitrogens with zero attached hydrogens (tertiary/aromatic N) is 4. The van der Waals surface area contributed by atoms with Crippen molar-refractivity contribution in [2.75, 3.05) is 31.6 Å². The molecule has 1 fully saturated rings. The minimum Gasteiger partial charge on any atom is -0.379 e. The third kappa shape index (κ3) is 5.11. The van der Waals surface area contributed by atoms with Crippen molar-refractivity contribution in [3.05, 3.63) is 35.1 Å². The average Bonchev–Trinajstić information content (AvgIpc) is 3.37. The summed E-state index contributed by atoms with van der Waals surface area (Å²) < 4.78 is 34.5. The summed E-state index contributed by atoms with van der Waals surface area (Å²) in [6, 6.07) is 4.98. The van der Waals surface area contributed by atoms with E-state index in [1.54, 1.807) is 18.2 Å². The van der Waals surface area contributed by atoms with Crippen molar-refractivity contribution < 1.29 is 17.9 Å². The number of amides is 1. The second-order valence-electron chi connectivity index (χ2n) is 9.09. The molecule has 0 bridgehead atoms. The van der Waals surface area contributed by atoms with Crippen LogP contribution in [0.4, 0.5) is 5.13 Å². The van der Waals surface area contributed by atoms with Crippen LogP contribution in [-0.4, -0.2) is 59.5 Å². The number of ether oxygens (including phenoxy) is 1. The Morgan fingerprint density at radius 2 is 1.94 bits per heavy atom. The van der Waals surface area contributed by atoms with Crippen LogP contribution < -0.4 is 5.32 Å². The van der Waals surface area contributed by atoms with Crippen LogP contribution >= 0.6 is 11.3 Å². The number of fused-ring (bicyclic) bond motifs is 1. The Morgan fingerprint density at radius 3 is 2.61 bits per heavy atom. The van der Waals surface area contributed by atoms with Gasteiger partial charge in [0.2, 0.25) is 15.9 Å². The molecule has 2 aromatic heterocycles. The molecule has 1 saturated heterocycles. The van der Waals surface area contributed by atoms with E-state index < -0.39 is 10.0 Å². The molecule has 0 unspecified atom stereocenters. The largest absolute Gasteiger partial charge is 0.379 e. The van der Waals surface area contributed by atoms with E-state index in [-0.39, 0.29) is 22.6 Å². The zero-order valence-corrected chi connectivity index (χ0v) is 20.9. The summed E-state index contributed by atoms with van der Waals surface area (Å²) in [5.41, 5.74) is 2.29. The van der Waals surface area contributed by atoms with Gasteiger partial charge in [0.05, 0.1) is 34.8 Å². The van der Waals surface area contributed by atoms with Crippen LogP contribution in [0.15, 0.2) is 28.5 Å². The standard InChI is InChI=1S/C22H29N5O4S2/c1-22(2,3)18-14-32-21(24-18)25-20(28)8-7-19-23-16-13-15(5-6-17(16)26(19)4)33(29,30)27-9-11-31-12-10-27/h5-6,13-14H,7-12H2,1-4H3,(H,24,25,28). The first-order valence-electron chi connectivity index (χ1n) is 10.8. The number of benzene rings is 1. The fourth-order valence-corrected chi connectivity index (χ4v) is 6.01. The Labute approximate surface area is 197 Å². The third-order valence-electron chi connectivity index (χ3n) is 5.65. The van der Waals surface area contributed by atoms with Crippen LogP contribution in [-0.2, 0) is 38.4 Å². The molecule has 1 aliphatic rings. The maximum absolute atomic E-state index is 13.0. The molecule has 1 amide bonds. The molecule has 4 rings (SSSR count). The van der Waals surface area contributed by atoms with Crippen molar-refractivity contribution in [1.29, 1.82) is 0 Å². The first-order chi connectivity index (χ1) is 15.6. The molecule has 1 aromatic carbocycles. The van der Waals surface area contributed by atoms with Crippen molar-refractivity contribution in [2.45, 2.75) is 43.9 Å². The third-order valence-corrected chi connectivity index (χ3v) is 8.30. The van der Waals surface area contributed by atoms with Gasteiger partial charge in [0, 0.05) is 43.8 Å². The van der Waals surface area contributed by atoms with Crippen LogP contribution in [0, 0.1) is 0 Å². The summed E-state index contributed by atoms with van der Waals surface area (Å²) in [7, 11) is -1.72. The number of sulfonamides is 1. The number of thiazole rings is 1. The molecule has 0 radical (unpaired) electrons. The highest BCUT2D eigenvalue weighted by Gasteiger charge is 2.27. The topological polar surface area (TPSA) is 106 Å². The molecule has 3 heterocycles. The Kier molecular flexibility index (Phi) is 6.59. The normalized spacial score (nSPS) is 15.8. The van der Waals surface area contributed by atoms with Crippen LogP contribution in [0.25, 0.3) is 11.0 Å². The number of nitrogens with one attached hydrogen (secondary N) is 1. The van der Waals surface area contributed by atoms with Crippen molar-refractivity contribution in [3.63, 3.8) is 0 Å². The first-order valence-corrected chi connectivity index (χ1v) is 13.2. The summed E-state index contributed by atoms with van der Waals surface area (Å²) in [5.74, 6) is 0.586. The lowest BCUT2D eigenvalue weighted by Crippen LogP contribution is -2.40. The number of aryl methyl sites for hydroxylation is 2. The number of hydrogen-bond acceptors (Lipinski definition) is 7. The van der Waals surface area contributed by atoms with Gasteiger partial charge < -0.3 is 14.6 Å². The number of rotatable bonds is 6. The van der Waals surface area contributed by atoms with Gasteiger partial charge in [0.15, 0.2) is 5.13 Å². The molecule has 178 valence electrons. The lowest BCUT2D eigenvalue weighted by molar-refractivity contribution is -0.116. The fraction of sp³-hybridized carbons (Fsp3) is 0.500. The highest BCUT2D eigenvalue weighted by molar-refractivity contribution is 7.89. The zero-order valence-electron chi connectivity index (χ0n) is 19.3. The monoisotopic (exact) mass is 491 g/mol. The van der Waals surface area contributed by atoms with Gasteiger partial charge in [-0.15, -0.1) is 11.3 Å². The SMILES string of the molecule is Cn1c(CCC(=O)Nc2nc(C(C)(C)C)cs2)nc2cc(S(=O)(=O)N3CCOCC3)ccc21. The van der Waals surface area contributed by atoms with E-state index >= 15 is 0 Å². The molecule has 0 spiro atoms. The van der Waals surface area contributed by atoms with Gasteiger partial charge in [-0.1, -0.05) is 20.8 Å². The molecular weight excluding hydrogens is 462 g/mol. The molecule has 9 nitrogen and oxygen atoms in total. The predicted molar refractivity (Wildman–Crippen MR) is 128 cm³/mol. The van der Waals surface area contributed by atoms with Gasteiger partial charge in [-0.2, -0.15) is 4.31 Å². The maximum Gasteiger partial charge on any atom is 0.243 e. The van der Waals surface area contributed by atoms with Crippen LogP contribution in [0.2, 0.25) is 0 Å². The Hall–Kier alpha value is -2.34. The van der Waals surface area contributed by atoms with E-state index in [1.807, 2.05) is 17.0 Å². The number of hydrogen-bond donors (Lipinski definition) is 1. The van der Waals surface area contributed by atoms with Crippen molar-refractivity contribution in [3.8, 4) is 0 Å². The van der Waals surface area contributed by atoms with Crippen LogP contribution in [0.1, 0.15) is 38.7 Å². The Bertz CT molecular complexity index is 1270. The van der Waals surface area contributed by atoms with E-state index in [4.69, 9.17) is 4.74 Å². The minimum atomic E-state index is -3.59. The number of carbonyl (C=O) groups excluding carboxylic acids is 1. The van der Waals surface area contributed by atoms with Crippen LogP contribution in [0.5, 0.6) is 0 Å². The second kappa shape index (κ2) is 9.13. The molecule has 0 saturated carbocycles. The number of imidazole rings is 1. The molecule has 1 aliphatic heterocycles. The predicted octanol–water partition coefficient (Wildman–Crippen LogP) is 2.92. The quantitative estimate of drug-likeness (QED) is 0.568. The van der Waals surface area contributed by atoms with E-state index in [0.717, 1.165) is 17.0 Å². The van der Waals surface area contributed by atoms with E-state index in [2.05, 4.69) is 36.1 Å². The number of anilines is 1. The lowest BCUT2D eigenvalue weighted by Gasteiger charge is -2.26. The van der Waals surface area contributed by atoms with E-state index in [9.17, 15) is 13.2 Å². The molecule has 33 heavy (non-hydrogen) atoms. The molecular formula is C22H29N5O4S2. The van der Waals surface area contributed by atoms with Crippen molar-refractivity contribution in [1.82, 2.24) is 18.8 Å². The highest BCUT2D eigenvalue weighted by Crippen LogP contribution is 2.27. The minimum absolute atomic E-state index is 0.0688.